The summed E-state index contributed by atoms with van der Waals surface area (Å²) in [7, 11) is 0. The van der Waals surface area contributed by atoms with Gasteiger partial charge in [-0.15, -0.1) is 5.10 Å². The van der Waals surface area contributed by atoms with Crippen molar-refractivity contribution in [3.63, 3.8) is 0 Å². The average molecular weight is 249 g/mol. The largest absolute Gasteiger partial charge is 0.329 e. The molecule has 2 aromatic rings. The van der Waals surface area contributed by atoms with Crippen LogP contribution in [0.1, 0.15) is 11.1 Å². The third-order valence-corrected chi connectivity index (χ3v) is 3.46. The van der Waals surface area contributed by atoms with Crippen LogP contribution in [0, 0.1) is 6.92 Å². The molecule has 5 nitrogen and oxygen atoms in total. The molecule has 0 bridgehead atoms. The van der Waals surface area contributed by atoms with Gasteiger partial charge in [0.05, 0.1) is 6.54 Å². The summed E-state index contributed by atoms with van der Waals surface area (Å²) in [5, 5.41) is 12.4. The van der Waals surface area contributed by atoms with Gasteiger partial charge in [-0.05, 0) is 28.5 Å². The Balaban J connectivity index is 2.02. The Morgan fingerprint density at radius 1 is 1.35 bits per heavy atom. The zero-order chi connectivity index (χ0) is 12.1. The number of hydrogen-bond acceptors (Lipinski definition) is 5. The summed E-state index contributed by atoms with van der Waals surface area (Å²) < 4.78 is 1.74. The van der Waals surface area contributed by atoms with E-state index in [1.54, 1.807) is 16.4 Å². The molecule has 2 rings (SSSR count). The van der Waals surface area contributed by atoms with E-state index in [0.717, 1.165) is 10.9 Å². The standard InChI is InChI=1S/C11H15N5S/c1-9-4-2-3-5-10(9)8-17-11-13-14-15-16(11)7-6-12/h2-5H,6-8,12H2,1H3. The Hall–Kier alpha value is -1.40. The van der Waals surface area contributed by atoms with Crippen LogP contribution in [0.3, 0.4) is 0 Å². The Morgan fingerprint density at radius 3 is 2.94 bits per heavy atom. The van der Waals surface area contributed by atoms with Crippen LogP contribution in [0.5, 0.6) is 0 Å². The summed E-state index contributed by atoms with van der Waals surface area (Å²) in [5.74, 6) is 0.873. The van der Waals surface area contributed by atoms with Gasteiger partial charge in [-0.25, -0.2) is 4.68 Å². The van der Waals surface area contributed by atoms with Crippen LogP contribution in [0.25, 0.3) is 0 Å². The molecule has 0 saturated heterocycles. The van der Waals surface area contributed by atoms with Gasteiger partial charge < -0.3 is 5.73 Å². The summed E-state index contributed by atoms with van der Waals surface area (Å²) in [5.41, 5.74) is 8.09. The number of nitrogens with zero attached hydrogens (tertiary/aromatic N) is 4. The Labute approximate surface area is 104 Å². The first-order chi connectivity index (χ1) is 8.31. The molecule has 0 aliphatic carbocycles. The number of hydrogen-bond donors (Lipinski definition) is 1. The molecule has 0 saturated carbocycles. The normalized spacial score (nSPS) is 10.7. The second-order valence-electron chi connectivity index (χ2n) is 3.69. The lowest BCUT2D eigenvalue weighted by Crippen LogP contribution is -2.12. The van der Waals surface area contributed by atoms with E-state index in [9.17, 15) is 0 Å². The molecular formula is C11H15N5S. The predicted molar refractivity (Wildman–Crippen MR) is 67.6 cm³/mol. The molecule has 0 aliphatic heterocycles. The first-order valence-corrected chi connectivity index (χ1v) is 6.43. The predicted octanol–water partition coefficient (Wildman–Crippen LogP) is 1.23. The van der Waals surface area contributed by atoms with Crippen molar-refractivity contribution >= 4 is 11.8 Å². The van der Waals surface area contributed by atoms with Crippen molar-refractivity contribution in [2.45, 2.75) is 24.4 Å². The van der Waals surface area contributed by atoms with E-state index in [4.69, 9.17) is 5.73 Å². The van der Waals surface area contributed by atoms with E-state index in [2.05, 4.69) is 34.6 Å². The van der Waals surface area contributed by atoms with E-state index in [-0.39, 0.29) is 0 Å². The number of benzene rings is 1. The fourth-order valence-corrected chi connectivity index (χ4v) is 2.46. The lowest BCUT2D eigenvalue weighted by Gasteiger charge is -2.05. The number of aromatic nitrogens is 4. The van der Waals surface area contributed by atoms with Crippen molar-refractivity contribution in [2.75, 3.05) is 6.54 Å². The lowest BCUT2D eigenvalue weighted by molar-refractivity contribution is 0.557. The monoisotopic (exact) mass is 249 g/mol. The van der Waals surface area contributed by atoms with Crippen LogP contribution in [0.15, 0.2) is 29.4 Å². The van der Waals surface area contributed by atoms with E-state index < -0.39 is 0 Å². The number of rotatable bonds is 5. The van der Waals surface area contributed by atoms with Gasteiger partial charge >= 0.3 is 0 Å². The van der Waals surface area contributed by atoms with Gasteiger partial charge in [-0.3, -0.25) is 0 Å². The topological polar surface area (TPSA) is 69.6 Å². The van der Waals surface area contributed by atoms with E-state index in [1.165, 1.54) is 11.1 Å². The van der Waals surface area contributed by atoms with Gasteiger partial charge in [0.15, 0.2) is 0 Å². The lowest BCUT2D eigenvalue weighted by atomic mass is 10.1. The summed E-state index contributed by atoms with van der Waals surface area (Å²) in [6, 6.07) is 8.33. The molecule has 90 valence electrons. The van der Waals surface area contributed by atoms with Crippen LogP contribution in [-0.4, -0.2) is 26.8 Å². The zero-order valence-corrected chi connectivity index (χ0v) is 10.5. The van der Waals surface area contributed by atoms with Gasteiger partial charge in [-0.1, -0.05) is 36.0 Å². The number of aryl methyl sites for hydroxylation is 1. The molecule has 0 fully saturated rings. The molecule has 0 spiro atoms. The number of thioether (sulfide) groups is 1. The fraction of sp³-hybridized carbons (Fsp3) is 0.364. The molecule has 2 N–H and O–H groups in total. The molecule has 0 amide bonds. The van der Waals surface area contributed by atoms with Crippen molar-refractivity contribution in [1.82, 2.24) is 20.2 Å². The van der Waals surface area contributed by atoms with E-state index >= 15 is 0 Å². The number of tetrazole rings is 1. The van der Waals surface area contributed by atoms with Crippen LogP contribution in [-0.2, 0) is 12.3 Å². The highest BCUT2D eigenvalue weighted by Gasteiger charge is 2.06. The fourth-order valence-electron chi connectivity index (χ4n) is 1.48. The van der Waals surface area contributed by atoms with Crippen molar-refractivity contribution in [3.8, 4) is 0 Å². The van der Waals surface area contributed by atoms with E-state index in [1.807, 2.05) is 12.1 Å². The van der Waals surface area contributed by atoms with Crippen molar-refractivity contribution in [1.29, 1.82) is 0 Å². The molecule has 17 heavy (non-hydrogen) atoms. The van der Waals surface area contributed by atoms with Crippen molar-refractivity contribution < 1.29 is 0 Å². The Kier molecular flexibility index (Phi) is 4.11. The van der Waals surface area contributed by atoms with Gasteiger partial charge in [0.25, 0.3) is 0 Å². The third kappa shape index (κ3) is 3.04. The van der Waals surface area contributed by atoms with Crippen LogP contribution in [0.2, 0.25) is 0 Å². The Morgan fingerprint density at radius 2 is 2.18 bits per heavy atom. The minimum Gasteiger partial charge on any atom is -0.329 e. The molecular weight excluding hydrogens is 234 g/mol. The zero-order valence-electron chi connectivity index (χ0n) is 9.71. The molecule has 6 heteroatoms. The minimum atomic E-state index is 0.545. The van der Waals surface area contributed by atoms with Gasteiger partial charge in [-0.2, -0.15) is 0 Å². The molecule has 0 radical (unpaired) electrons. The second-order valence-corrected chi connectivity index (χ2v) is 4.63. The maximum Gasteiger partial charge on any atom is 0.209 e. The van der Waals surface area contributed by atoms with Gasteiger partial charge in [0.2, 0.25) is 5.16 Å². The quantitative estimate of drug-likeness (QED) is 0.807. The van der Waals surface area contributed by atoms with Crippen LogP contribution < -0.4 is 5.73 Å². The summed E-state index contributed by atoms with van der Waals surface area (Å²) >= 11 is 1.63. The molecule has 0 aliphatic rings. The molecule has 0 atom stereocenters. The highest BCUT2D eigenvalue weighted by Crippen LogP contribution is 2.21. The number of nitrogens with two attached hydrogens (primary N) is 1. The molecule has 0 unspecified atom stereocenters. The third-order valence-electron chi connectivity index (χ3n) is 2.46. The highest BCUT2D eigenvalue weighted by molar-refractivity contribution is 7.98. The molecule has 1 aromatic heterocycles. The first-order valence-electron chi connectivity index (χ1n) is 5.45. The first kappa shape index (κ1) is 12.1. The SMILES string of the molecule is Cc1ccccc1CSc1nnnn1CCN. The molecule has 1 aromatic carbocycles. The van der Waals surface area contributed by atoms with E-state index in [0.29, 0.717) is 13.1 Å². The summed E-state index contributed by atoms with van der Waals surface area (Å²) in [4.78, 5) is 0. The minimum absolute atomic E-state index is 0.545. The maximum absolute atomic E-state index is 5.49. The smallest absolute Gasteiger partial charge is 0.209 e. The van der Waals surface area contributed by atoms with Gasteiger partial charge in [0.1, 0.15) is 0 Å². The van der Waals surface area contributed by atoms with Crippen LogP contribution in [0.4, 0.5) is 0 Å². The van der Waals surface area contributed by atoms with Crippen LogP contribution >= 0.6 is 11.8 Å². The van der Waals surface area contributed by atoms with Crippen molar-refractivity contribution in [2.24, 2.45) is 5.73 Å². The second kappa shape index (κ2) is 5.79. The summed E-state index contributed by atoms with van der Waals surface area (Å²) in [6.45, 7) is 3.31. The highest BCUT2D eigenvalue weighted by atomic mass is 32.2. The maximum atomic E-state index is 5.49. The Bertz CT molecular complexity index is 482. The molecule has 1 heterocycles. The summed E-state index contributed by atoms with van der Waals surface area (Å²) in [6.07, 6.45) is 0. The van der Waals surface area contributed by atoms with Gasteiger partial charge in [0, 0.05) is 12.3 Å². The van der Waals surface area contributed by atoms with Crippen molar-refractivity contribution in [3.05, 3.63) is 35.4 Å². The average Bonchev–Trinajstić information content (AvgIpc) is 2.76.